The van der Waals surface area contributed by atoms with E-state index in [-0.39, 0.29) is 0 Å². The van der Waals surface area contributed by atoms with E-state index in [0.717, 1.165) is 45.7 Å². The number of nitrogens with zero attached hydrogens (tertiary/aromatic N) is 4. The highest BCUT2D eigenvalue weighted by Gasteiger charge is 2.19. The fourth-order valence-electron chi connectivity index (χ4n) is 2.27. The van der Waals surface area contributed by atoms with Crippen LogP contribution in [0.15, 0.2) is 18.7 Å². The average Bonchev–Trinajstić information content (AvgIpc) is 2.90. The molecule has 1 aromatic heterocycles. The zero-order chi connectivity index (χ0) is 12.8. The summed E-state index contributed by atoms with van der Waals surface area (Å²) < 4.78 is 2.09. The molecule has 0 spiro atoms. The lowest BCUT2D eigenvalue weighted by Gasteiger charge is -2.34. The van der Waals surface area contributed by atoms with Gasteiger partial charge in [-0.3, -0.25) is 9.69 Å². The molecule has 2 heterocycles. The van der Waals surface area contributed by atoms with Crippen molar-refractivity contribution < 1.29 is 4.79 Å². The first-order valence-corrected chi connectivity index (χ1v) is 6.75. The first kappa shape index (κ1) is 13.1. The van der Waals surface area contributed by atoms with Gasteiger partial charge in [0.2, 0.25) is 5.91 Å². The van der Waals surface area contributed by atoms with Gasteiger partial charge in [-0.15, -0.1) is 0 Å². The molecule has 0 atom stereocenters. The molecule has 1 saturated heterocycles. The van der Waals surface area contributed by atoms with E-state index < -0.39 is 0 Å². The fourth-order valence-corrected chi connectivity index (χ4v) is 2.27. The topological polar surface area (TPSA) is 41.4 Å². The maximum atomic E-state index is 11.7. The lowest BCUT2D eigenvalue weighted by molar-refractivity contribution is -0.133. The molecule has 1 aliphatic heterocycles. The highest BCUT2D eigenvalue weighted by Crippen LogP contribution is 2.05. The molecule has 0 aromatic carbocycles. The number of hydrogen-bond donors (Lipinski definition) is 0. The van der Waals surface area contributed by atoms with Crippen molar-refractivity contribution in [3.63, 3.8) is 0 Å². The first-order chi connectivity index (χ1) is 8.79. The summed E-state index contributed by atoms with van der Waals surface area (Å²) in [7, 11) is 0. The van der Waals surface area contributed by atoms with Gasteiger partial charge in [0.25, 0.3) is 0 Å². The van der Waals surface area contributed by atoms with Gasteiger partial charge in [-0.1, -0.05) is 6.92 Å². The Hall–Kier alpha value is -1.36. The average molecular weight is 250 g/mol. The molecule has 18 heavy (non-hydrogen) atoms. The number of carbonyl (C=O) groups is 1. The predicted octanol–water partition coefficient (Wildman–Crippen LogP) is 0.827. The Morgan fingerprint density at radius 1 is 1.22 bits per heavy atom. The maximum absolute atomic E-state index is 11.7. The summed E-state index contributed by atoms with van der Waals surface area (Å²) >= 11 is 0. The number of amides is 1. The second-order valence-electron chi connectivity index (χ2n) is 4.77. The quantitative estimate of drug-likeness (QED) is 0.777. The van der Waals surface area contributed by atoms with E-state index in [1.54, 1.807) is 6.20 Å². The molecular weight excluding hydrogens is 228 g/mol. The van der Waals surface area contributed by atoms with Crippen LogP contribution < -0.4 is 0 Å². The number of imidazole rings is 1. The Morgan fingerprint density at radius 3 is 2.61 bits per heavy atom. The molecule has 1 aromatic rings. The Balaban J connectivity index is 1.68. The van der Waals surface area contributed by atoms with E-state index in [0.29, 0.717) is 12.3 Å². The van der Waals surface area contributed by atoms with Gasteiger partial charge in [-0.2, -0.15) is 0 Å². The highest BCUT2D eigenvalue weighted by molar-refractivity contribution is 5.76. The van der Waals surface area contributed by atoms with Crippen molar-refractivity contribution >= 4 is 5.91 Å². The second kappa shape index (κ2) is 6.54. The molecule has 0 aliphatic carbocycles. The smallest absolute Gasteiger partial charge is 0.222 e. The van der Waals surface area contributed by atoms with Gasteiger partial charge in [0.05, 0.1) is 6.33 Å². The molecule has 1 aliphatic rings. The van der Waals surface area contributed by atoms with Crippen LogP contribution in [0.4, 0.5) is 0 Å². The normalized spacial score (nSPS) is 17.1. The molecule has 0 saturated carbocycles. The van der Waals surface area contributed by atoms with Gasteiger partial charge in [-0.25, -0.2) is 4.98 Å². The monoisotopic (exact) mass is 250 g/mol. The van der Waals surface area contributed by atoms with Crippen molar-refractivity contribution in [2.75, 3.05) is 32.7 Å². The van der Waals surface area contributed by atoms with Gasteiger partial charge < -0.3 is 9.47 Å². The molecule has 0 radical (unpaired) electrons. The molecule has 5 heteroatoms. The van der Waals surface area contributed by atoms with Crippen LogP contribution in [0.25, 0.3) is 0 Å². The van der Waals surface area contributed by atoms with Crippen LogP contribution >= 0.6 is 0 Å². The number of carbonyl (C=O) groups excluding carboxylic acids is 1. The predicted molar refractivity (Wildman–Crippen MR) is 70.2 cm³/mol. The van der Waals surface area contributed by atoms with Crippen molar-refractivity contribution in [3.8, 4) is 0 Å². The van der Waals surface area contributed by atoms with Crippen LogP contribution in [0, 0.1) is 0 Å². The zero-order valence-corrected chi connectivity index (χ0v) is 11.1. The van der Waals surface area contributed by atoms with Crippen LogP contribution in [0.5, 0.6) is 0 Å². The van der Waals surface area contributed by atoms with Crippen LogP contribution in [-0.2, 0) is 11.3 Å². The molecule has 5 nitrogen and oxygen atoms in total. The minimum absolute atomic E-state index is 0.312. The second-order valence-corrected chi connectivity index (χ2v) is 4.77. The Morgan fingerprint density at radius 2 is 2.00 bits per heavy atom. The zero-order valence-electron chi connectivity index (χ0n) is 11.1. The molecule has 1 amide bonds. The third-order valence-electron chi connectivity index (χ3n) is 3.42. The standard InChI is InChI=1S/C13H22N4O/c1-2-3-13(18)17-10-8-15(9-11-17)6-7-16-5-4-14-12-16/h4-5,12H,2-3,6-11H2,1H3. The molecule has 0 unspecified atom stereocenters. The van der Waals surface area contributed by atoms with Crippen molar-refractivity contribution in [2.45, 2.75) is 26.3 Å². The largest absolute Gasteiger partial charge is 0.340 e. The third-order valence-corrected chi connectivity index (χ3v) is 3.42. The van der Waals surface area contributed by atoms with Gasteiger partial charge >= 0.3 is 0 Å². The first-order valence-electron chi connectivity index (χ1n) is 6.75. The van der Waals surface area contributed by atoms with Gasteiger partial charge in [-0.05, 0) is 6.42 Å². The molecule has 100 valence electrons. The van der Waals surface area contributed by atoms with E-state index in [1.165, 1.54) is 0 Å². The van der Waals surface area contributed by atoms with Crippen LogP contribution in [0.1, 0.15) is 19.8 Å². The molecule has 1 fully saturated rings. The number of aromatic nitrogens is 2. The minimum atomic E-state index is 0.312. The van der Waals surface area contributed by atoms with Gasteiger partial charge in [0.1, 0.15) is 0 Å². The van der Waals surface area contributed by atoms with E-state index in [9.17, 15) is 4.79 Å². The third kappa shape index (κ3) is 3.57. The Labute approximate surface area is 108 Å². The summed E-state index contributed by atoms with van der Waals surface area (Å²) in [5.74, 6) is 0.312. The minimum Gasteiger partial charge on any atom is -0.340 e. The number of piperazine rings is 1. The van der Waals surface area contributed by atoms with Crippen LogP contribution in [0.3, 0.4) is 0 Å². The molecular formula is C13H22N4O. The number of hydrogen-bond acceptors (Lipinski definition) is 3. The summed E-state index contributed by atoms with van der Waals surface area (Å²) in [6.07, 6.45) is 7.28. The van der Waals surface area contributed by atoms with Crippen molar-refractivity contribution in [3.05, 3.63) is 18.7 Å². The Bertz CT molecular complexity index is 355. The number of rotatable bonds is 5. The van der Waals surface area contributed by atoms with Crippen LogP contribution in [0.2, 0.25) is 0 Å². The van der Waals surface area contributed by atoms with Crippen molar-refractivity contribution in [1.29, 1.82) is 0 Å². The van der Waals surface area contributed by atoms with E-state index >= 15 is 0 Å². The lowest BCUT2D eigenvalue weighted by atomic mass is 10.2. The van der Waals surface area contributed by atoms with Gasteiger partial charge in [0.15, 0.2) is 0 Å². The van der Waals surface area contributed by atoms with E-state index in [1.807, 2.05) is 17.4 Å². The summed E-state index contributed by atoms with van der Waals surface area (Å²) in [6.45, 7) is 7.80. The maximum Gasteiger partial charge on any atom is 0.222 e. The summed E-state index contributed by atoms with van der Waals surface area (Å²) in [5, 5.41) is 0. The summed E-state index contributed by atoms with van der Waals surface area (Å²) in [4.78, 5) is 20.2. The Kier molecular flexibility index (Phi) is 4.75. The van der Waals surface area contributed by atoms with Gasteiger partial charge in [0, 0.05) is 58.1 Å². The molecule has 0 bridgehead atoms. The summed E-state index contributed by atoms with van der Waals surface area (Å²) in [5.41, 5.74) is 0. The molecule has 0 N–H and O–H groups in total. The lowest BCUT2D eigenvalue weighted by Crippen LogP contribution is -2.49. The molecule has 2 rings (SSSR count). The fraction of sp³-hybridized carbons (Fsp3) is 0.692. The van der Waals surface area contributed by atoms with Crippen molar-refractivity contribution in [2.24, 2.45) is 0 Å². The highest BCUT2D eigenvalue weighted by atomic mass is 16.2. The van der Waals surface area contributed by atoms with Crippen LogP contribution in [-0.4, -0.2) is 58.0 Å². The summed E-state index contributed by atoms with van der Waals surface area (Å²) in [6, 6.07) is 0. The SMILES string of the molecule is CCCC(=O)N1CCN(CCn2ccnc2)CC1. The van der Waals surface area contributed by atoms with Crippen molar-refractivity contribution in [1.82, 2.24) is 19.4 Å². The van der Waals surface area contributed by atoms with E-state index in [2.05, 4.69) is 21.4 Å². The van der Waals surface area contributed by atoms with E-state index in [4.69, 9.17) is 0 Å².